The summed E-state index contributed by atoms with van der Waals surface area (Å²) in [5.41, 5.74) is 0. The molecule has 0 aromatic carbocycles. The van der Waals surface area contributed by atoms with Crippen LogP contribution in [-0.2, 0) is 14.3 Å². The minimum Gasteiger partial charge on any atom is -0.468 e. The summed E-state index contributed by atoms with van der Waals surface area (Å²) in [5.74, 6) is 0.545. The van der Waals surface area contributed by atoms with E-state index in [0.717, 1.165) is 51.9 Å². The molecule has 7 nitrogen and oxygen atoms in total. The fourth-order valence-electron chi connectivity index (χ4n) is 4.78. The molecule has 142 valence electrons. The third-order valence-corrected chi connectivity index (χ3v) is 6.19. The van der Waals surface area contributed by atoms with Gasteiger partial charge in [0, 0.05) is 44.8 Å². The number of likely N-dealkylation sites (tertiary alicyclic amines) is 1. The van der Waals surface area contributed by atoms with Gasteiger partial charge in [-0.2, -0.15) is 0 Å². The van der Waals surface area contributed by atoms with E-state index < -0.39 is 0 Å². The second kappa shape index (κ2) is 8.01. The first kappa shape index (κ1) is 18.6. The number of carbonyl (C=O) groups excluding carboxylic acids is 2. The van der Waals surface area contributed by atoms with Crippen LogP contribution in [0.25, 0.3) is 0 Å². The Kier molecular flexibility index (Phi) is 5.96. The molecule has 2 saturated heterocycles. The highest BCUT2D eigenvalue weighted by Gasteiger charge is 2.44. The highest BCUT2D eigenvalue weighted by atomic mass is 16.5. The molecule has 2 heterocycles. The topological polar surface area (TPSA) is 73.9 Å². The lowest BCUT2D eigenvalue weighted by molar-refractivity contribution is -0.149. The van der Waals surface area contributed by atoms with Crippen LogP contribution in [0.1, 0.15) is 39.0 Å². The van der Waals surface area contributed by atoms with Crippen LogP contribution in [0, 0.1) is 5.92 Å². The monoisotopic (exact) mass is 352 g/mol. The molecule has 2 aliphatic heterocycles. The van der Waals surface area contributed by atoms with Crippen molar-refractivity contribution in [1.29, 1.82) is 0 Å². The molecule has 0 bridgehead atoms. The molecule has 3 aliphatic rings. The zero-order chi connectivity index (χ0) is 18.0. The van der Waals surface area contributed by atoms with Crippen LogP contribution in [0.3, 0.4) is 0 Å². The highest BCUT2D eigenvalue weighted by Crippen LogP contribution is 2.30. The zero-order valence-electron chi connectivity index (χ0n) is 15.7. The summed E-state index contributed by atoms with van der Waals surface area (Å²) in [6, 6.07) is 1.02. The molecule has 25 heavy (non-hydrogen) atoms. The molecule has 3 atom stereocenters. The molecular weight excluding hydrogens is 320 g/mol. The first-order valence-corrected chi connectivity index (χ1v) is 9.50. The van der Waals surface area contributed by atoms with Crippen LogP contribution in [0.2, 0.25) is 0 Å². The van der Waals surface area contributed by atoms with Crippen molar-refractivity contribution >= 4 is 11.9 Å². The molecule has 1 saturated carbocycles. The second-order valence-electron chi connectivity index (χ2n) is 7.94. The maximum Gasteiger partial charge on any atom is 0.323 e. The molecule has 0 spiro atoms. The molecule has 2 N–H and O–H groups in total. The Bertz CT molecular complexity index is 493. The summed E-state index contributed by atoms with van der Waals surface area (Å²) in [5, 5.41) is 6.55. The number of methoxy groups -OCH3 is 1. The minimum absolute atomic E-state index is 0.0630. The maximum atomic E-state index is 12.3. The number of nitrogens with one attached hydrogen (secondary N) is 2. The van der Waals surface area contributed by atoms with Crippen molar-refractivity contribution in [3.05, 3.63) is 0 Å². The van der Waals surface area contributed by atoms with Crippen LogP contribution >= 0.6 is 0 Å². The molecule has 0 aromatic rings. The van der Waals surface area contributed by atoms with Gasteiger partial charge < -0.3 is 10.1 Å². The van der Waals surface area contributed by atoms with E-state index in [9.17, 15) is 9.59 Å². The maximum absolute atomic E-state index is 12.3. The van der Waals surface area contributed by atoms with Crippen LogP contribution in [0.15, 0.2) is 0 Å². The molecule has 1 aliphatic carbocycles. The van der Waals surface area contributed by atoms with E-state index in [4.69, 9.17) is 4.74 Å². The van der Waals surface area contributed by atoms with Crippen molar-refractivity contribution in [2.45, 2.75) is 63.2 Å². The van der Waals surface area contributed by atoms with Gasteiger partial charge in [0.25, 0.3) is 0 Å². The fraction of sp³-hybridized carbons (Fsp3) is 0.889. The average molecular weight is 352 g/mol. The van der Waals surface area contributed by atoms with Gasteiger partial charge in [0.05, 0.1) is 7.11 Å². The summed E-state index contributed by atoms with van der Waals surface area (Å²) in [6.07, 6.45) is 5.11. The Morgan fingerprint density at radius 1 is 1.24 bits per heavy atom. The lowest BCUT2D eigenvalue weighted by Gasteiger charge is -2.43. The summed E-state index contributed by atoms with van der Waals surface area (Å²) < 4.78 is 5.08. The molecular formula is C18H32N4O3. The van der Waals surface area contributed by atoms with Gasteiger partial charge in [-0.15, -0.1) is 0 Å². The molecule has 0 radical (unpaired) electrons. The number of fused-ring (bicyclic) bond motifs is 1. The first-order chi connectivity index (χ1) is 12.0. The predicted molar refractivity (Wildman–Crippen MR) is 94.9 cm³/mol. The molecule has 3 fully saturated rings. The Balaban J connectivity index is 1.59. The largest absolute Gasteiger partial charge is 0.468 e. The first-order valence-electron chi connectivity index (χ1n) is 9.50. The van der Waals surface area contributed by atoms with Crippen molar-refractivity contribution < 1.29 is 14.3 Å². The van der Waals surface area contributed by atoms with E-state index in [1.54, 1.807) is 6.92 Å². The number of hydrogen-bond acceptors (Lipinski definition) is 6. The normalized spacial score (nSPS) is 36.7. The smallest absolute Gasteiger partial charge is 0.323 e. The van der Waals surface area contributed by atoms with E-state index in [1.807, 2.05) is 0 Å². The number of ether oxygens (including phenoxy) is 1. The minimum atomic E-state index is -0.140. The number of piperidine rings is 1. The van der Waals surface area contributed by atoms with Gasteiger partial charge in [0.2, 0.25) is 5.91 Å². The highest BCUT2D eigenvalue weighted by molar-refractivity contribution is 5.76. The molecule has 2 unspecified atom stereocenters. The van der Waals surface area contributed by atoms with Crippen molar-refractivity contribution in [2.24, 2.45) is 5.92 Å². The fourth-order valence-corrected chi connectivity index (χ4v) is 4.78. The number of esters is 1. The van der Waals surface area contributed by atoms with Crippen molar-refractivity contribution in [2.75, 3.05) is 33.9 Å². The summed E-state index contributed by atoms with van der Waals surface area (Å²) >= 11 is 0. The van der Waals surface area contributed by atoms with Crippen LogP contribution in [0.5, 0.6) is 0 Å². The predicted octanol–water partition coefficient (Wildman–Crippen LogP) is 0.158. The number of likely N-dealkylation sites (N-methyl/N-ethyl adjacent to an activating group) is 1. The number of nitrogens with zero attached hydrogens (tertiary/aromatic N) is 2. The van der Waals surface area contributed by atoms with E-state index in [2.05, 4.69) is 27.5 Å². The Labute approximate surface area is 150 Å². The van der Waals surface area contributed by atoms with Gasteiger partial charge in [-0.05, 0) is 45.1 Å². The third-order valence-electron chi connectivity index (χ3n) is 6.19. The van der Waals surface area contributed by atoms with Gasteiger partial charge in [0.15, 0.2) is 0 Å². The van der Waals surface area contributed by atoms with Gasteiger partial charge in [-0.1, -0.05) is 0 Å². The lowest BCUT2D eigenvalue weighted by atomic mass is 9.84. The van der Waals surface area contributed by atoms with E-state index in [1.165, 1.54) is 7.11 Å². The van der Waals surface area contributed by atoms with Crippen LogP contribution < -0.4 is 10.6 Å². The Hall–Kier alpha value is -1.18. The van der Waals surface area contributed by atoms with E-state index in [-0.39, 0.29) is 17.9 Å². The number of hydrogen-bond donors (Lipinski definition) is 2. The molecule has 1 amide bonds. The van der Waals surface area contributed by atoms with Gasteiger partial charge in [-0.25, -0.2) is 0 Å². The molecule has 7 heteroatoms. The number of rotatable bonds is 4. The standard InChI is InChI=1S/C18H32N4O3/c1-12(23)20-14-6-4-13(5-7-14)9-22-10-17-15(19-11-21(17)2)8-16(22)18(24)25-3/h13-17,19H,4-11H2,1-3H3,(H,20,23)/t13?,14?,15?,16-,17?/m0/s1. The van der Waals surface area contributed by atoms with Gasteiger partial charge >= 0.3 is 5.97 Å². The van der Waals surface area contributed by atoms with Gasteiger partial charge in [0.1, 0.15) is 6.04 Å². The van der Waals surface area contributed by atoms with E-state index >= 15 is 0 Å². The lowest BCUT2D eigenvalue weighted by Crippen LogP contribution is -2.59. The van der Waals surface area contributed by atoms with Crippen molar-refractivity contribution in [3.63, 3.8) is 0 Å². The van der Waals surface area contributed by atoms with Gasteiger partial charge in [-0.3, -0.25) is 24.7 Å². The number of amides is 1. The quantitative estimate of drug-likeness (QED) is 0.702. The second-order valence-corrected chi connectivity index (χ2v) is 7.94. The van der Waals surface area contributed by atoms with Crippen LogP contribution in [0.4, 0.5) is 0 Å². The van der Waals surface area contributed by atoms with Crippen molar-refractivity contribution in [1.82, 2.24) is 20.4 Å². The molecule has 0 aromatic heterocycles. The summed E-state index contributed by atoms with van der Waals surface area (Å²) in [4.78, 5) is 28.2. The molecule has 3 rings (SSSR count). The third kappa shape index (κ3) is 4.33. The van der Waals surface area contributed by atoms with E-state index in [0.29, 0.717) is 24.0 Å². The zero-order valence-corrected chi connectivity index (χ0v) is 15.7. The Morgan fingerprint density at radius 2 is 1.96 bits per heavy atom. The SMILES string of the molecule is COC(=O)[C@@H]1CC2NCN(C)C2CN1CC1CCC(NC(C)=O)CC1. The summed E-state index contributed by atoms with van der Waals surface area (Å²) in [7, 11) is 3.63. The number of carbonyl (C=O) groups is 2. The average Bonchev–Trinajstić information content (AvgIpc) is 2.95. The summed E-state index contributed by atoms with van der Waals surface area (Å²) in [6.45, 7) is 4.34. The Morgan fingerprint density at radius 3 is 2.60 bits per heavy atom. The van der Waals surface area contributed by atoms with Crippen molar-refractivity contribution in [3.8, 4) is 0 Å². The van der Waals surface area contributed by atoms with Crippen LogP contribution in [-0.4, -0.2) is 79.8 Å².